The highest BCUT2D eigenvalue weighted by molar-refractivity contribution is 5.86. The largest absolute Gasteiger partial charge is 0.381 e. The molecule has 1 fully saturated rings. The molecule has 2 N–H and O–H groups in total. The summed E-state index contributed by atoms with van der Waals surface area (Å²) in [5.41, 5.74) is 7.91. The van der Waals surface area contributed by atoms with Crippen LogP contribution in [0.3, 0.4) is 0 Å². The second kappa shape index (κ2) is 6.39. The number of nitrogens with zero attached hydrogens (tertiary/aromatic N) is 1. The van der Waals surface area contributed by atoms with E-state index in [2.05, 4.69) is 45.0 Å². The first-order valence-corrected chi connectivity index (χ1v) is 7.94. The van der Waals surface area contributed by atoms with E-state index >= 15 is 0 Å². The third kappa shape index (κ3) is 3.68. The van der Waals surface area contributed by atoms with Crippen LogP contribution in [-0.2, 0) is 14.9 Å². The van der Waals surface area contributed by atoms with Gasteiger partial charge in [0.15, 0.2) is 0 Å². The number of aryl methyl sites for hydroxylation is 1. The van der Waals surface area contributed by atoms with Gasteiger partial charge in [0.25, 0.3) is 0 Å². The molecule has 1 aliphatic heterocycles. The lowest BCUT2D eigenvalue weighted by Crippen LogP contribution is -2.58. The Kier molecular flexibility index (Phi) is 4.93. The summed E-state index contributed by atoms with van der Waals surface area (Å²) in [7, 11) is 1.85. The average molecular weight is 304 g/mol. The first-order valence-electron chi connectivity index (χ1n) is 7.94. The quantitative estimate of drug-likeness (QED) is 0.928. The Morgan fingerprint density at radius 3 is 2.36 bits per heavy atom. The van der Waals surface area contributed by atoms with E-state index in [0.717, 1.165) is 0 Å². The van der Waals surface area contributed by atoms with E-state index in [9.17, 15) is 4.79 Å². The number of nitrogens with two attached hydrogens (primary N) is 1. The number of likely N-dealkylation sites (N-methyl/N-ethyl adjacent to an activating group) is 1. The molecule has 1 aliphatic rings. The highest BCUT2D eigenvalue weighted by Gasteiger charge is 2.39. The molecule has 0 aromatic heterocycles. The fourth-order valence-electron chi connectivity index (χ4n) is 3.09. The molecule has 1 amide bonds. The van der Waals surface area contributed by atoms with Crippen molar-refractivity contribution < 1.29 is 9.53 Å². The summed E-state index contributed by atoms with van der Waals surface area (Å²) in [6, 6.07) is 8.50. The molecule has 0 radical (unpaired) electrons. The fraction of sp³-hybridized carbons (Fsp3) is 0.611. The zero-order chi connectivity index (χ0) is 16.4. The van der Waals surface area contributed by atoms with Crippen molar-refractivity contribution in [2.75, 3.05) is 26.8 Å². The van der Waals surface area contributed by atoms with Crippen LogP contribution in [0.25, 0.3) is 0 Å². The Morgan fingerprint density at radius 1 is 1.27 bits per heavy atom. The zero-order valence-corrected chi connectivity index (χ0v) is 14.2. The summed E-state index contributed by atoms with van der Waals surface area (Å²) in [5.74, 6) is 0.0241. The van der Waals surface area contributed by atoms with Crippen LogP contribution in [0.2, 0.25) is 0 Å². The van der Waals surface area contributed by atoms with Gasteiger partial charge in [-0.1, -0.05) is 43.7 Å². The monoisotopic (exact) mass is 304 g/mol. The smallest absolute Gasteiger partial charge is 0.242 e. The Bertz CT molecular complexity index is 516. The highest BCUT2D eigenvalue weighted by atomic mass is 16.5. The Balaban J connectivity index is 2.07. The molecule has 0 spiro atoms. The number of hydrogen-bond acceptors (Lipinski definition) is 3. The van der Waals surface area contributed by atoms with Gasteiger partial charge in [0.1, 0.15) is 0 Å². The number of hydrogen-bond donors (Lipinski definition) is 1. The predicted molar refractivity (Wildman–Crippen MR) is 88.8 cm³/mol. The molecular weight excluding hydrogens is 276 g/mol. The van der Waals surface area contributed by atoms with Crippen molar-refractivity contribution in [3.8, 4) is 0 Å². The van der Waals surface area contributed by atoms with Gasteiger partial charge in [-0.25, -0.2) is 0 Å². The lowest BCUT2D eigenvalue weighted by atomic mass is 9.82. The minimum Gasteiger partial charge on any atom is -0.381 e. The number of rotatable bonds is 4. The second-order valence-corrected chi connectivity index (χ2v) is 7.18. The Hall–Kier alpha value is -1.39. The summed E-state index contributed by atoms with van der Waals surface area (Å²) in [6.45, 7) is 8.18. The first kappa shape index (κ1) is 17.0. The van der Waals surface area contributed by atoms with Crippen LogP contribution in [0.5, 0.6) is 0 Å². The maximum Gasteiger partial charge on any atom is 0.242 e. The predicted octanol–water partition coefficient (Wildman–Crippen LogP) is 2.24. The van der Waals surface area contributed by atoms with Crippen molar-refractivity contribution in [1.29, 1.82) is 0 Å². The SMILES string of the molecule is Cc1ccc(C(C)(C)CN(C)C(=O)C2(N)CCOCC2)cc1. The molecule has 4 heteroatoms. The molecule has 1 heterocycles. The van der Waals surface area contributed by atoms with E-state index in [-0.39, 0.29) is 11.3 Å². The van der Waals surface area contributed by atoms with Gasteiger partial charge >= 0.3 is 0 Å². The molecule has 22 heavy (non-hydrogen) atoms. The van der Waals surface area contributed by atoms with Crippen LogP contribution in [0.15, 0.2) is 24.3 Å². The molecule has 0 unspecified atom stereocenters. The number of carbonyl (C=O) groups is 1. The summed E-state index contributed by atoms with van der Waals surface area (Å²) in [4.78, 5) is 14.5. The second-order valence-electron chi connectivity index (χ2n) is 7.18. The topological polar surface area (TPSA) is 55.6 Å². The van der Waals surface area contributed by atoms with E-state index in [1.807, 2.05) is 7.05 Å². The molecule has 0 atom stereocenters. The van der Waals surface area contributed by atoms with Gasteiger partial charge in [0.05, 0.1) is 5.54 Å². The van der Waals surface area contributed by atoms with Gasteiger partial charge in [0.2, 0.25) is 5.91 Å². The van der Waals surface area contributed by atoms with E-state index in [1.54, 1.807) is 4.90 Å². The van der Waals surface area contributed by atoms with Crippen LogP contribution in [0.4, 0.5) is 0 Å². The number of benzene rings is 1. The molecule has 0 aliphatic carbocycles. The average Bonchev–Trinajstić information content (AvgIpc) is 2.47. The van der Waals surface area contributed by atoms with Crippen LogP contribution >= 0.6 is 0 Å². The third-order valence-electron chi connectivity index (χ3n) is 4.62. The molecule has 2 rings (SSSR count). The highest BCUT2D eigenvalue weighted by Crippen LogP contribution is 2.26. The maximum atomic E-state index is 12.7. The van der Waals surface area contributed by atoms with Crippen LogP contribution in [0.1, 0.15) is 37.8 Å². The summed E-state index contributed by atoms with van der Waals surface area (Å²) < 4.78 is 5.33. The van der Waals surface area contributed by atoms with Gasteiger partial charge in [-0.2, -0.15) is 0 Å². The van der Waals surface area contributed by atoms with Crippen LogP contribution in [0, 0.1) is 6.92 Å². The maximum absolute atomic E-state index is 12.7. The lowest BCUT2D eigenvalue weighted by Gasteiger charge is -2.38. The van der Waals surface area contributed by atoms with Crippen molar-refractivity contribution in [3.63, 3.8) is 0 Å². The van der Waals surface area contributed by atoms with Gasteiger partial charge in [-0.15, -0.1) is 0 Å². The van der Waals surface area contributed by atoms with E-state index < -0.39 is 5.54 Å². The molecular formula is C18H28N2O2. The first-order chi connectivity index (χ1) is 10.2. The third-order valence-corrected chi connectivity index (χ3v) is 4.62. The van der Waals surface area contributed by atoms with Crippen LogP contribution < -0.4 is 5.73 Å². The Labute approximate surface area is 133 Å². The van der Waals surface area contributed by atoms with Gasteiger partial charge in [-0.3, -0.25) is 4.79 Å². The van der Waals surface area contributed by atoms with Gasteiger partial charge in [0, 0.05) is 32.2 Å². The molecule has 122 valence electrons. The minimum absolute atomic E-state index is 0.0241. The standard InChI is InChI=1S/C18H28N2O2/c1-14-5-7-15(8-6-14)17(2,3)13-20(4)16(21)18(19)9-11-22-12-10-18/h5-8H,9-13,19H2,1-4H3. The normalized spacial score (nSPS) is 18.0. The molecule has 4 nitrogen and oxygen atoms in total. The van der Waals surface area contributed by atoms with Crippen molar-refractivity contribution in [2.24, 2.45) is 5.73 Å². The fourth-order valence-corrected chi connectivity index (χ4v) is 3.09. The van der Waals surface area contributed by atoms with Crippen LogP contribution in [-0.4, -0.2) is 43.2 Å². The minimum atomic E-state index is -0.768. The summed E-state index contributed by atoms with van der Waals surface area (Å²) in [6.07, 6.45) is 1.20. The van der Waals surface area contributed by atoms with Crippen molar-refractivity contribution in [1.82, 2.24) is 4.90 Å². The van der Waals surface area contributed by atoms with E-state index in [1.165, 1.54) is 11.1 Å². The number of carbonyl (C=O) groups excluding carboxylic acids is 1. The van der Waals surface area contributed by atoms with E-state index in [0.29, 0.717) is 32.6 Å². The summed E-state index contributed by atoms with van der Waals surface area (Å²) >= 11 is 0. The lowest BCUT2D eigenvalue weighted by molar-refractivity contribution is -0.139. The van der Waals surface area contributed by atoms with Gasteiger partial charge < -0.3 is 15.4 Å². The summed E-state index contributed by atoms with van der Waals surface area (Å²) in [5, 5.41) is 0. The van der Waals surface area contributed by atoms with Gasteiger partial charge in [-0.05, 0) is 25.3 Å². The molecule has 1 saturated heterocycles. The van der Waals surface area contributed by atoms with Crippen molar-refractivity contribution in [2.45, 2.75) is 44.6 Å². The van der Waals surface area contributed by atoms with Crippen molar-refractivity contribution in [3.05, 3.63) is 35.4 Å². The van der Waals surface area contributed by atoms with Crippen molar-refractivity contribution >= 4 is 5.91 Å². The number of amides is 1. The zero-order valence-electron chi connectivity index (χ0n) is 14.2. The molecule has 1 aromatic rings. The molecule has 1 aromatic carbocycles. The Morgan fingerprint density at radius 2 is 1.82 bits per heavy atom. The molecule has 0 bridgehead atoms. The van der Waals surface area contributed by atoms with E-state index in [4.69, 9.17) is 10.5 Å². The molecule has 0 saturated carbocycles. The number of ether oxygens (including phenoxy) is 1.